The van der Waals surface area contributed by atoms with Gasteiger partial charge in [-0.2, -0.15) is 5.10 Å². The topological polar surface area (TPSA) is 38.1 Å². The van der Waals surface area contributed by atoms with Crippen molar-refractivity contribution in [2.24, 2.45) is 5.92 Å². The van der Waals surface area contributed by atoms with Crippen LogP contribution in [0.4, 0.5) is 4.39 Å². The summed E-state index contributed by atoms with van der Waals surface area (Å²) in [5.41, 5.74) is 3.93. The molecule has 5 heteroatoms. The lowest BCUT2D eigenvalue weighted by Gasteiger charge is -2.28. The minimum absolute atomic E-state index is 0.0691. The number of carbonyl (C=O) groups excluding carboxylic acids is 1. The number of carbonyl (C=O) groups is 1. The van der Waals surface area contributed by atoms with E-state index in [0.29, 0.717) is 18.9 Å². The predicted octanol–water partition coefficient (Wildman–Crippen LogP) is 4.45. The van der Waals surface area contributed by atoms with Gasteiger partial charge in [0.1, 0.15) is 5.82 Å². The number of hydrogen-bond donors (Lipinski definition) is 0. The molecule has 0 fully saturated rings. The molecule has 26 heavy (non-hydrogen) atoms. The van der Waals surface area contributed by atoms with Crippen LogP contribution in [0, 0.1) is 25.6 Å². The van der Waals surface area contributed by atoms with Crippen LogP contribution in [0.1, 0.15) is 56.3 Å². The van der Waals surface area contributed by atoms with Crippen molar-refractivity contribution < 1.29 is 9.18 Å². The molecule has 0 spiro atoms. The van der Waals surface area contributed by atoms with E-state index in [4.69, 9.17) is 0 Å². The predicted molar refractivity (Wildman–Crippen MR) is 102 cm³/mol. The van der Waals surface area contributed by atoms with Gasteiger partial charge in [-0.25, -0.2) is 4.39 Å². The van der Waals surface area contributed by atoms with Crippen molar-refractivity contribution in [3.63, 3.8) is 0 Å². The molecule has 0 aliphatic rings. The average molecular weight is 359 g/mol. The Morgan fingerprint density at radius 2 is 1.81 bits per heavy atom. The Morgan fingerprint density at radius 3 is 2.35 bits per heavy atom. The van der Waals surface area contributed by atoms with Crippen molar-refractivity contribution in [3.8, 4) is 0 Å². The second-order valence-electron chi connectivity index (χ2n) is 7.31. The lowest BCUT2D eigenvalue weighted by molar-refractivity contribution is -0.132. The third-order valence-corrected chi connectivity index (χ3v) is 4.88. The van der Waals surface area contributed by atoms with E-state index in [1.165, 1.54) is 12.1 Å². The largest absolute Gasteiger partial charge is 0.336 e. The van der Waals surface area contributed by atoms with Crippen molar-refractivity contribution in [1.29, 1.82) is 0 Å². The zero-order chi connectivity index (χ0) is 19.4. The van der Waals surface area contributed by atoms with Gasteiger partial charge >= 0.3 is 0 Å². The van der Waals surface area contributed by atoms with Crippen LogP contribution in [0.5, 0.6) is 0 Å². The van der Waals surface area contributed by atoms with Gasteiger partial charge in [0.15, 0.2) is 0 Å². The normalized spacial score (nSPS) is 12.5. The van der Waals surface area contributed by atoms with Crippen LogP contribution < -0.4 is 0 Å². The van der Waals surface area contributed by atoms with Crippen LogP contribution in [0.2, 0.25) is 0 Å². The number of likely N-dealkylation sites (N-methyl/N-ethyl adjacent to an activating group) is 1. The summed E-state index contributed by atoms with van der Waals surface area (Å²) in [6, 6.07) is 6.27. The summed E-state index contributed by atoms with van der Waals surface area (Å²) >= 11 is 0. The first kappa shape index (κ1) is 20.1. The number of benzene rings is 1. The Hall–Kier alpha value is -2.17. The molecule has 0 N–H and O–H groups in total. The summed E-state index contributed by atoms with van der Waals surface area (Å²) in [5, 5.41) is 4.61. The van der Waals surface area contributed by atoms with Crippen LogP contribution in [0.3, 0.4) is 0 Å². The SMILES string of the molecule is CCN(C(=O)Cc1c(C)nn(CC(C)C)c1C)[C@@H](C)c1ccc(F)cc1. The Balaban J connectivity index is 2.19. The van der Waals surface area contributed by atoms with E-state index in [1.54, 1.807) is 12.1 Å². The van der Waals surface area contributed by atoms with Gasteiger partial charge in [0.05, 0.1) is 18.2 Å². The fourth-order valence-corrected chi connectivity index (χ4v) is 3.35. The minimum Gasteiger partial charge on any atom is -0.336 e. The molecule has 2 aromatic rings. The molecule has 1 aromatic heterocycles. The highest BCUT2D eigenvalue weighted by atomic mass is 19.1. The average Bonchev–Trinajstić information content (AvgIpc) is 2.83. The van der Waals surface area contributed by atoms with E-state index in [0.717, 1.165) is 29.1 Å². The molecular formula is C21H30FN3O. The first-order valence-corrected chi connectivity index (χ1v) is 9.32. The summed E-state index contributed by atoms with van der Waals surface area (Å²) in [6.07, 6.45) is 0.342. The number of amides is 1. The van der Waals surface area contributed by atoms with Gasteiger partial charge in [-0.3, -0.25) is 9.48 Å². The molecule has 1 aromatic carbocycles. The molecule has 0 saturated heterocycles. The molecule has 1 heterocycles. The third-order valence-electron chi connectivity index (χ3n) is 4.88. The number of nitrogens with zero attached hydrogens (tertiary/aromatic N) is 3. The summed E-state index contributed by atoms with van der Waals surface area (Å²) in [5.74, 6) is 0.306. The van der Waals surface area contributed by atoms with Crippen LogP contribution in [-0.2, 0) is 17.8 Å². The molecular weight excluding hydrogens is 329 g/mol. The summed E-state index contributed by atoms with van der Waals surface area (Å²) in [7, 11) is 0. The Labute approximate surface area is 156 Å². The zero-order valence-corrected chi connectivity index (χ0v) is 16.7. The summed E-state index contributed by atoms with van der Waals surface area (Å²) < 4.78 is 15.2. The highest BCUT2D eigenvalue weighted by Crippen LogP contribution is 2.23. The van der Waals surface area contributed by atoms with Gasteiger partial charge in [0, 0.05) is 24.3 Å². The fraction of sp³-hybridized carbons (Fsp3) is 0.524. The maximum atomic E-state index is 13.2. The second-order valence-corrected chi connectivity index (χ2v) is 7.31. The molecule has 1 amide bonds. The maximum absolute atomic E-state index is 13.2. The molecule has 0 radical (unpaired) electrons. The smallest absolute Gasteiger partial charge is 0.227 e. The van der Waals surface area contributed by atoms with E-state index in [2.05, 4.69) is 18.9 Å². The van der Waals surface area contributed by atoms with E-state index < -0.39 is 0 Å². The first-order valence-electron chi connectivity index (χ1n) is 9.32. The number of rotatable bonds is 7. The van der Waals surface area contributed by atoms with Crippen molar-refractivity contribution in [3.05, 3.63) is 52.6 Å². The molecule has 0 unspecified atom stereocenters. The van der Waals surface area contributed by atoms with Gasteiger partial charge < -0.3 is 4.90 Å². The highest BCUT2D eigenvalue weighted by molar-refractivity contribution is 5.79. The highest BCUT2D eigenvalue weighted by Gasteiger charge is 2.23. The van der Waals surface area contributed by atoms with Crippen molar-refractivity contribution in [2.45, 2.75) is 60.5 Å². The zero-order valence-electron chi connectivity index (χ0n) is 16.7. The van der Waals surface area contributed by atoms with Gasteiger partial charge in [-0.1, -0.05) is 26.0 Å². The van der Waals surface area contributed by atoms with Gasteiger partial charge in [-0.15, -0.1) is 0 Å². The Morgan fingerprint density at radius 1 is 1.19 bits per heavy atom. The van der Waals surface area contributed by atoms with Crippen molar-refractivity contribution in [1.82, 2.24) is 14.7 Å². The van der Waals surface area contributed by atoms with Gasteiger partial charge in [-0.05, 0) is 51.3 Å². The number of hydrogen-bond acceptors (Lipinski definition) is 2. The van der Waals surface area contributed by atoms with Crippen LogP contribution in [-0.4, -0.2) is 27.1 Å². The fourth-order valence-electron chi connectivity index (χ4n) is 3.35. The molecule has 0 aliphatic carbocycles. The molecule has 142 valence electrons. The molecule has 0 aliphatic heterocycles. The van der Waals surface area contributed by atoms with Crippen LogP contribution in [0.15, 0.2) is 24.3 Å². The van der Waals surface area contributed by atoms with Crippen LogP contribution >= 0.6 is 0 Å². The maximum Gasteiger partial charge on any atom is 0.227 e. The summed E-state index contributed by atoms with van der Waals surface area (Å²) in [4.78, 5) is 14.8. The minimum atomic E-state index is -0.265. The van der Waals surface area contributed by atoms with E-state index >= 15 is 0 Å². The van der Waals surface area contributed by atoms with Crippen molar-refractivity contribution in [2.75, 3.05) is 6.54 Å². The van der Waals surface area contributed by atoms with E-state index in [1.807, 2.05) is 37.3 Å². The Bertz CT molecular complexity index is 749. The molecule has 4 nitrogen and oxygen atoms in total. The number of aryl methyl sites for hydroxylation is 1. The monoisotopic (exact) mass is 359 g/mol. The van der Waals surface area contributed by atoms with Gasteiger partial charge in [0.2, 0.25) is 5.91 Å². The summed E-state index contributed by atoms with van der Waals surface area (Å²) in [6.45, 7) is 13.7. The quantitative estimate of drug-likeness (QED) is 0.733. The second kappa shape index (κ2) is 8.47. The van der Waals surface area contributed by atoms with Gasteiger partial charge in [0.25, 0.3) is 0 Å². The molecule has 2 rings (SSSR count). The first-order chi connectivity index (χ1) is 12.2. The number of aromatic nitrogens is 2. The van der Waals surface area contributed by atoms with Crippen LogP contribution in [0.25, 0.3) is 0 Å². The molecule has 0 saturated carbocycles. The van der Waals surface area contributed by atoms with E-state index in [9.17, 15) is 9.18 Å². The molecule has 1 atom stereocenters. The lowest BCUT2D eigenvalue weighted by Crippen LogP contribution is -2.34. The number of halogens is 1. The lowest BCUT2D eigenvalue weighted by atomic mass is 10.0. The van der Waals surface area contributed by atoms with E-state index in [-0.39, 0.29) is 17.8 Å². The standard InChI is InChI=1S/C21H30FN3O/c1-7-24(16(5)18-8-10-19(22)11-9-18)21(26)12-20-15(4)23-25(17(20)6)13-14(2)3/h8-11,14,16H,7,12-13H2,1-6H3/t16-/m0/s1. The molecule has 0 bridgehead atoms. The van der Waals surface area contributed by atoms with Crippen molar-refractivity contribution >= 4 is 5.91 Å². The third kappa shape index (κ3) is 4.51. The Kier molecular flexibility index (Phi) is 6.57.